The molecule has 2 aliphatic heterocycles. The number of rotatable bonds is 2. The molecule has 2 fully saturated rings. The van der Waals surface area contributed by atoms with Crippen LogP contribution in [0.25, 0.3) is 0 Å². The summed E-state index contributed by atoms with van der Waals surface area (Å²) in [7, 11) is 0. The number of piperidine rings is 1. The Morgan fingerprint density at radius 3 is 3.06 bits per heavy atom. The molecule has 2 atom stereocenters. The molecule has 0 aliphatic carbocycles. The zero-order valence-corrected chi connectivity index (χ0v) is 12.5. The van der Waals surface area contributed by atoms with Gasteiger partial charge in [0.1, 0.15) is 0 Å². The first-order valence-corrected chi connectivity index (χ1v) is 7.79. The summed E-state index contributed by atoms with van der Waals surface area (Å²) in [4.78, 5) is 2.67. The predicted molar refractivity (Wildman–Crippen MR) is 80.1 cm³/mol. The van der Waals surface area contributed by atoms with E-state index >= 15 is 0 Å². The number of nitrogens with zero attached hydrogens (tertiary/aromatic N) is 1. The third kappa shape index (κ3) is 2.43. The maximum Gasteiger partial charge on any atom is 0.0383 e. The lowest BCUT2D eigenvalue weighted by molar-refractivity contribution is 0.188. The van der Waals surface area contributed by atoms with Crippen molar-refractivity contribution in [1.82, 2.24) is 4.90 Å². The summed E-state index contributed by atoms with van der Waals surface area (Å²) >= 11 is 3.61. The number of anilines is 1. The maximum atomic E-state index is 3.75. The van der Waals surface area contributed by atoms with Crippen molar-refractivity contribution in [2.75, 3.05) is 18.4 Å². The van der Waals surface area contributed by atoms with Crippen LogP contribution in [0.1, 0.15) is 31.2 Å². The fourth-order valence-corrected chi connectivity index (χ4v) is 3.71. The molecular weight excluding hydrogens is 288 g/mol. The zero-order valence-electron chi connectivity index (χ0n) is 11.0. The van der Waals surface area contributed by atoms with Gasteiger partial charge in [-0.15, -0.1) is 0 Å². The Labute approximate surface area is 118 Å². The van der Waals surface area contributed by atoms with Crippen LogP contribution >= 0.6 is 15.9 Å². The van der Waals surface area contributed by atoms with Crippen molar-refractivity contribution in [2.24, 2.45) is 0 Å². The van der Waals surface area contributed by atoms with Gasteiger partial charge in [-0.25, -0.2) is 0 Å². The van der Waals surface area contributed by atoms with Gasteiger partial charge in [-0.05, 0) is 56.8 Å². The molecule has 1 N–H and O–H groups in total. The second-order valence-electron chi connectivity index (χ2n) is 5.61. The molecule has 2 nitrogen and oxygen atoms in total. The van der Waals surface area contributed by atoms with Crippen LogP contribution in [-0.2, 0) is 0 Å². The number of nitrogens with one attached hydrogen (secondary N) is 1. The molecule has 2 unspecified atom stereocenters. The average molecular weight is 309 g/mol. The molecule has 98 valence electrons. The van der Waals surface area contributed by atoms with E-state index in [0.717, 1.165) is 6.04 Å². The third-order valence-electron chi connectivity index (χ3n) is 4.45. The Morgan fingerprint density at radius 1 is 1.28 bits per heavy atom. The van der Waals surface area contributed by atoms with Crippen molar-refractivity contribution >= 4 is 21.6 Å². The second kappa shape index (κ2) is 5.22. The lowest BCUT2D eigenvalue weighted by Crippen LogP contribution is -2.42. The van der Waals surface area contributed by atoms with E-state index in [4.69, 9.17) is 0 Å². The van der Waals surface area contributed by atoms with Crippen molar-refractivity contribution in [2.45, 2.75) is 44.7 Å². The minimum atomic E-state index is 0.650. The van der Waals surface area contributed by atoms with E-state index < -0.39 is 0 Å². The molecular formula is C15H21BrN2. The quantitative estimate of drug-likeness (QED) is 0.894. The lowest BCUT2D eigenvalue weighted by Gasteiger charge is -2.35. The molecule has 1 aromatic rings. The Kier molecular flexibility index (Phi) is 3.62. The zero-order chi connectivity index (χ0) is 12.5. The van der Waals surface area contributed by atoms with Gasteiger partial charge < -0.3 is 10.2 Å². The van der Waals surface area contributed by atoms with Crippen molar-refractivity contribution in [3.05, 3.63) is 28.2 Å². The average Bonchev–Trinajstić information content (AvgIpc) is 2.82. The number of benzene rings is 1. The molecule has 0 bridgehead atoms. The Hall–Kier alpha value is -0.540. The number of hydrogen-bond acceptors (Lipinski definition) is 2. The Bertz CT molecular complexity index is 433. The second-order valence-corrected chi connectivity index (χ2v) is 6.46. The first-order valence-electron chi connectivity index (χ1n) is 7.00. The van der Waals surface area contributed by atoms with Gasteiger partial charge in [-0.1, -0.05) is 22.0 Å². The molecule has 1 aromatic carbocycles. The van der Waals surface area contributed by atoms with Crippen LogP contribution < -0.4 is 5.32 Å². The van der Waals surface area contributed by atoms with E-state index in [1.165, 1.54) is 54.5 Å². The monoisotopic (exact) mass is 308 g/mol. The highest BCUT2D eigenvalue weighted by Crippen LogP contribution is 2.30. The van der Waals surface area contributed by atoms with E-state index in [2.05, 4.69) is 51.3 Å². The standard InChI is InChI=1S/C15H21BrN2/c1-11-14(16)5-2-6-15(11)17-12-7-9-18-8-3-4-13(18)10-12/h2,5-6,12-13,17H,3-4,7-10H2,1H3. The number of fused-ring (bicyclic) bond motifs is 1. The van der Waals surface area contributed by atoms with Crippen molar-refractivity contribution in [3.8, 4) is 0 Å². The summed E-state index contributed by atoms with van der Waals surface area (Å²) in [5.74, 6) is 0. The first-order chi connectivity index (χ1) is 8.74. The fraction of sp³-hybridized carbons (Fsp3) is 0.600. The molecule has 2 aliphatic rings. The molecule has 3 heteroatoms. The molecule has 2 saturated heterocycles. The maximum absolute atomic E-state index is 3.75. The molecule has 0 aromatic heterocycles. The SMILES string of the molecule is Cc1c(Br)cccc1NC1CCN2CCCC2C1. The molecule has 0 radical (unpaired) electrons. The van der Waals surface area contributed by atoms with Crippen LogP contribution in [0.4, 0.5) is 5.69 Å². The predicted octanol–water partition coefficient (Wildman–Crippen LogP) is 3.80. The summed E-state index contributed by atoms with van der Waals surface area (Å²) in [6.45, 7) is 4.78. The normalized spacial score (nSPS) is 28.1. The molecule has 18 heavy (non-hydrogen) atoms. The number of halogens is 1. The van der Waals surface area contributed by atoms with Gasteiger partial charge in [0, 0.05) is 28.8 Å². The highest BCUT2D eigenvalue weighted by molar-refractivity contribution is 9.10. The van der Waals surface area contributed by atoms with Gasteiger partial charge in [0.05, 0.1) is 0 Å². The summed E-state index contributed by atoms with van der Waals surface area (Å²) in [6.07, 6.45) is 5.39. The van der Waals surface area contributed by atoms with E-state index in [0.29, 0.717) is 6.04 Å². The van der Waals surface area contributed by atoms with Crippen LogP contribution in [0.5, 0.6) is 0 Å². The van der Waals surface area contributed by atoms with Gasteiger partial charge in [0.15, 0.2) is 0 Å². The summed E-state index contributed by atoms with van der Waals surface area (Å²) in [6, 6.07) is 7.91. The van der Waals surface area contributed by atoms with Gasteiger partial charge in [0.2, 0.25) is 0 Å². The van der Waals surface area contributed by atoms with Crippen LogP contribution in [0.15, 0.2) is 22.7 Å². The third-order valence-corrected chi connectivity index (χ3v) is 5.31. The highest BCUT2D eigenvalue weighted by Gasteiger charge is 2.31. The van der Waals surface area contributed by atoms with Crippen molar-refractivity contribution in [1.29, 1.82) is 0 Å². The Balaban J connectivity index is 1.68. The van der Waals surface area contributed by atoms with Crippen LogP contribution in [-0.4, -0.2) is 30.1 Å². The minimum absolute atomic E-state index is 0.650. The van der Waals surface area contributed by atoms with Crippen LogP contribution in [0.3, 0.4) is 0 Å². The van der Waals surface area contributed by atoms with Gasteiger partial charge in [-0.2, -0.15) is 0 Å². The topological polar surface area (TPSA) is 15.3 Å². The van der Waals surface area contributed by atoms with Crippen molar-refractivity contribution < 1.29 is 0 Å². The fourth-order valence-electron chi connectivity index (χ4n) is 3.34. The smallest absolute Gasteiger partial charge is 0.0383 e. The summed E-state index contributed by atoms with van der Waals surface area (Å²) in [5.41, 5.74) is 2.62. The molecule has 2 heterocycles. The van der Waals surface area contributed by atoms with E-state index in [1.807, 2.05) is 0 Å². The Morgan fingerprint density at radius 2 is 2.17 bits per heavy atom. The van der Waals surface area contributed by atoms with E-state index in [1.54, 1.807) is 0 Å². The summed E-state index contributed by atoms with van der Waals surface area (Å²) < 4.78 is 1.20. The molecule has 3 rings (SSSR count). The van der Waals surface area contributed by atoms with Crippen LogP contribution in [0, 0.1) is 6.92 Å². The minimum Gasteiger partial charge on any atom is -0.382 e. The van der Waals surface area contributed by atoms with Gasteiger partial charge in [0.25, 0.3) is 0 Å². The van der Waals surface area contributed by atoms with Crippen molar-refractivity contribution in [3.63, 3.8) is 0 Å². The van der Waals surface area contributed by atoms with Gasteiger partial charge in [-0.3, -0.25) is 0 Å². The number of hydrogen-bond donors (Lipinski definition) is 1. The molecule has 0 saturated carbocycles. The lowest BCUT2D eigenvalue weighted by atomic mass is 9.97. The highest BCUT2D eigenvalue weighted by atomic mass is 79.9. The van der Waals surface area contributed by atoms with E-state index in [-0.39, 0.29) is 0 Å². The van der Waals surface area contributed by atoms with E-state index in [9.17, 15) is 0 Å². The molecule has 0 amide bonds. The van der Waals surface area contributed by atoms with Gasteiger partial charge >= 0.3 is 0 Å². The first kappa shape index (κ1) is 12.5. The van der Waals surface area contributed by atoms with Crippen LogP contribution in [0.2, 0.25) is 0 Å². The molecule has 0 spiro atoms. The largest absolute Gasteiger partial charge is 0.382 e. The summed E-state index contributed by atoms with van der Waals surface area (Å²) in [5, 5.41) is 3.75.